The second-order valence-electron chi connectivity index (χ2n) is 5.10. The summed E-state index contributed by atoms with van der Waals surface area (Å²) >= 11 is 11.7. The Kier molecular flexibility index (Phi) is 6.86. The lowest BCUT2D eigenvalue weighted by atomic mass is 10.2. The fraction of sp³-hybridized carbons (Fsp3) is 0.111. The van der Waals surface area contributed by atoms with Crippen LogP contribution in [0, 0.1) is 6.92 Å². The summed E-state index contributed by atoms with van der Waals surface area (Å²) in [4.78, 5) is 23.4. The molecule has 2 aromatic carbocycles. The van der Waals surface area contributed by atoms with Crippen molar-refractivity contribution < 1.29 is 14.3 Å². The quantitative estimate of drug-likeness (QED) is 0.617. The second kappa shape index (κ2) is 9.11. The number of halogens is 2. The minimum absolute atomic E-state index is 0.207. The molecule has 2 amide bonds. The normalized spacial score (nSPS) is 10.5. The zero-order valence-electron chi connectivity index (χ0n) is 13.4. The molecule has 0 aliphatic heterocycles. The first-order valence-corrected chi connectivity index (χ1v) is 8.11. The molecule has 2 rings (SSSR count). The van der Waals surface area contributed by atoms with Crippen molar-refractivity contribution in [3.8, 4) is 5.75 Å². The molecule has 0 radical (unpaired) electrons. The van der Waals surface area contributed by atoms with Gasteiger partial charge in [0, 0.05) is 6.08 Å². The van der Waals surface area contributed by atoms with Crippen molar-refractivity contribution in [3.63, 3.8) is 0 Å². The molecule has 2 N–H and O–H groups in total. The molecule has 0 aliphatic rings. The van der Waals surface area contributed by atoms with E-state index in [1.54, 1.807) is 30.3 Å². The maximum atomic E-state index is 11.7. The smallest absolute Gasteiger partial charge is 0.276 e. The Hall–Kier alpha value is -2.50. The first kappa shape index (κ1) is 18.8. The van der Waals surface area contributed by atoms with E-state index in [0.717, 1.165) is 5.56 Å². The third-order valence-electron chi connectivity index (χ3n) is 3.15. The summed E-state index contributed by atoms with van der Waals surface area (Å²) in [6, 6.07) is 12.3. The van der Waals surface area contributed by atoms with Gasteiger partial charge < -0.3 is 4.74 Å². The number of aryl methyl sites for hydroxylation is 1. The number of hydrazine groups is 1. The van der Waals surface area contributed by atoms with Crippen LogP contribution in [0.3, 0.4) is 0 Å². The molecule has 0 heterocycles. The molecule has 0 spiro atoms. The molecular weight excluding hydrogens is 363 g/mol. The molecule has 7 heteroatoms. The highest BCUT2D eigenvalue weighted by Gasteiger charge is 2.05. The van der Waals surface area contributed by atoms with E-state index in [9.17, 15) is 9.59 Å². The van der Waals surface area contributed by atoms with Crippen LogP contribution in [0.2, 0.25) is 10.0 Å². The van der Waals surface area contributed by atoms with Gasteiger partial charge in [-0.25, -0.2) is 0 Å². The maximum Gasteiger partial charge on any atom is 0.276 e. The Morgan fingerprint density at radius 2 is 1.84 bits per heavy atom. The van der Waals surface area contributed by atoms with Crippen molar-refractivity contribution in [1.82, 2.24) is 10.9 Å². The summed E-state index contributed by atoms with van der Waals surface area (Å²) in [5, 5.41) is 0.829. The van der Waals surface area contributed by atoms with Crippen LogP contribution in [0.15, 0.2) is 48.5 Å². The van der Waals surface area contributed by atoms with Crippen LogP contribution in [0.5, 0.6) is 5.75 Å². The molecule has 25 heavy (non-hydrogen) atoms. The Morgan fingerprint density at radius 1 is 1.08 bits per heavy atom. The van der Waals surface area contributed by atoms with Crippen molar-refractivity contribution >= 4 is 41.1 Å². The van der Waals surface area contributed by atoms with E-state index in [1.807, 2.05) is 25.1 Å². The SMILES string of the molecule is Cc1ccccc1OCC(=O)NNC(=O)/C=C/c1ccc(Cl)c(Cl)c1. The van der Waals surface area contributed by atoms with Gasteiger partial charge in [-0.15, -0.1) is 0 Å². The summed E-state index contributed by atoms with van der Waals surface area (Å²) in [6.07, 6.45) is 2.82. The Bertz CT molecular complexity index is 807. The molecule has 0 bridgehead atoms. The van der Waals surface area contributed by atoms with Gasteiger partial charge in [-0.05, 0) is 42.3 Å². The number of para-hydroxylation sites is 1. The van der Waals surface area contributed by atoms with Gasteiger partial charge in [-0.3, -0.25) is 20.4 Å². The largest absolute Gasteiger partial charge is 0.483 e. The van der Waals surface area contributed by atoms with Crippen molar-refractivity contribution in [3.05, 3.63) is 69.7 Å². The van der Waals surface area contributed by atoms with Gasteiger partial charge in [0.15, 0.2) is 6.61 Å². The second-order valence-corrected chi connectivity index (χ2v) is 5.91. The lowest BCUT2D eigenvalue weighted by molar-refractivity contribution is -0.128. The molecule has 0 aromatic heterocycles. The Labute approximate surface area is 155 Å². The van der Waals surface area contributed by atoms with E-state index in [0.29, 0.717) is 21.4 Å². The predicted octanol–water partition coefficient (Wildman–Crippen LogP) is 3.54. The first-order chi connectivity index (χ1) is 12.0. The number of carbonyl (C=O) groups is 2. The number of rotatable bonds is 5. The number of hydrogen-bond donors (Lipinski definition) is 2. The van der Waals surface area contributed by atoms with Gasteiger partial charge >= 0.3 is 0 Å². The number of amides is 2. The van der Waals surface area contributed by atoms with Crippen LogP contribution >= 0.6 is 23.2 Å². The molecule has 0 aliphatic carbocycles. The summed E-state index contributed by atoms with van der Waals surface area (Å²) in [7, 11) is 0. The summed E-state index contributed by atoms with van der Waals surface area (Å²) in [6.45, 7) is 1.67. The average molecular weight is 379 g/mol. The number of nitrogens with one attached hydrogen (secondary N) is 2. The third kappa shape index (κ3) is 6.14. The van der Waals surface area contributed by atoms with Crippen LogP contribution in [-0.4, -0.2) is 18.4 Å². The number of ether oxygens (including phenoxy) is 1. The summed E-state index contributed by atoms with van der Waals surface area (Å²) < 4.78 is 5.38. The van der Waals surface area contributed by atoms with Crippen LogP contribution in [0.4, 0.5) is 0 Å². The first-order valence-electron chi connectivity index (χ1n) is 7.36. The van der Waals surface area contributed by atoms with E-state index in [2.05, 4.69) is 10.9 Å². The summed E-state index contributed by atoms with van der Waals surface area (Å²) in [5.74, 6) is -0.349. The van der Waals surface area contributed by atoms with E-state index < -0.39 is 11.8 Å². The molecule has 130 valence electrons. The predicted molar refractivity (Wildman–Crippen MR) is 98.5 cm³/mol. The van der Waals surface area contributed by atoms with Gasteiger partial charge in [-0.1, -0.05) is 47.5 Å². The van der Waals surface area contributed by atoms with Crippen molar-refractivity contribution in [2.24, 2.45) is 0 Å². The third-order valence-corrected chi connectivity index (χ3v) is 3.89. The van der Waals surface area contributed by atoms with E-state index in [1.165, 1.54) is 6.08 Å². The zero-order valence-corrected chi connectivity index (χ0v) is 14.9. The number of benzene rings is 2. The minimum Gasteiger partial charge on any atom is -0.483 e. The maximum absolute atomic E-state index is 11.7. The van der Waals surface area contributed by atoms with Gasteiger partial charge in [0.2, 0.25) is 0 Å². The van der Waals surface area contributed by atoms with Gasteiger partial charge in [0.1, 0.15) is 5.75 Å². The van der Waals surface area contributed by atoms with Gasteiger partial charge in [0.05, 0.1) is 10.0 Å². The van der Waals surface area contributed by atoms with Crippen LogP contribution in [0.25, 0.3) is 6.08 Å². The topological polar surface area (TPSA) is 67.4 Å². The van der Waals surface area contributed by atoms with Crippen molar-refractivity contribution in [1.29, 1.82) is 0 Å². The molecular formula is C18H16Cl2N2O3. The molecule has 2 aromatic rings. The lowest BCUT2D eigenvalue weighted by Crippen LogP contribution is -2.43. The van der Waals surface area contributed by atoms with Gasteiger partial charge in [0.25, 0.3) is 11.8 Å². The monoisotopic (exact) mass is 378 g/mol. The Balaban J connectivity index is 1.77. The van der Waals surface area contributed by atoms with Crippen molar-refractivity contribution in [2.45, 2.75) is 6.92 Å². The Morgan fingerprint density at radius 3 is 2.56 bits per heavy atom. The van der Waals surface area contributed by atoms with E-state index >= 15 is 0 Å². The molecule has 0 atom stereocenters. The lowest BCUT2D eigenvalue weighted by Gasteiger charge is -2.09. The minimum atomic E-state index is -0.490. The average Bonchev–Trinajstić information content (AvgIpc) is 2.60. The van der Waals surface area contributed by atoms with Crippen LogP contribution in [0.1, 0.15) is 11.1 Å². The molecule has 0 fully saturated rings. The molecule has 5 nitrogen and oxygen atoms in total. The molecule has 0 unspecified atom stereocenters. The molecule has 0 saturated carbocycles. The van der Waals surface area contributed by atoms with E-state index in [4.69, 9.17) is 27.9 Å². The van der Waals surface area contributed by atoms with Crippen LogP contribution < -0.4 is 15.6 Å². The number of hydrogen-bond acceptors (Lipinski definition) is 3. The standard InChI is InChI=1S/C18H16Cl2N2O3/c1-12-4-2-3-5-16(12)25-11-18(24)22-21-17(23)9-7-13-6-8-14(19)15(20)10-13/h2-10H,11H2,1H3,(H,21,23)(H,22,24)/b9-7+. The van der Waals surface area contributed by atoms with Gasteiger partial charge in [-0.2, -0.15) is 0 Å². The summed E-state index contributed by atoms with van der Waals surface area (Å²) in [5.41, 5.74) is 6.16. The highest BCUT2D eigenvalue weighted by Crippen LogP contribution is 2.23. The highest BCUT2D eigenvalue weighted by atomic mass is 35.5. The molecule has 0 saturated heterocycles. The highest BCUT2D eigenvalue weighted by molar-refractivity contribution is 6.42. The zero-order chi connectivity index (χ0) is 18.2. The van der Waals surface area contributed by atoms with Crippen molar-refractivity contribution in [2.75, 3.05) is 6.61 Å². The van der Waals surface area contributed by atoms with Crippen LogP contribution in [-0.2, 0) is 9.59 Å². The van der Waals surface area contributed by atoms with E-state index in [-0.39, 0.29) is 6.61 Å². The fourth-order valence-electron chi connectivity index (χ4n) is 1.86. The fourth-order valence-corrected chi connectivity index (χ4v) is 2.17. The number of carbonyl (C=O) groups excluding carboxylic acids is 2.